The summed E-state index contributed by atoms with van der Waals surface area (Å²) in [6.07, 6.45) is 0. The Morgan fingerprint density at radius 1 is 1.04 bits per heavy atom. The SMILES string of the molecule is CC(C)C(=O)Nc1ccc(Oc2nc(C(C)C)nc(N(C)C)n2)cc1. The lowest BCUT2D eigenvalue weighted by atomic mass is 10.2. The van der Waals surface area contributed by atoms with Crippen molar-refractivity contribution >= 4 is 17.5 Å². The molecular formula is C18H25N5O2. The van der Waals surface area contributed by atoms with Gasteiger partial charge in [-0.2, -0.15) is 15.0 Å². The number of hydrogen-bond acceptors (Lipinski definition) is 6. The van der Waals surface area contributed by atoms with Gasteiger partial charge in [0.15, 0.2) is 0 Å². The molecular weight excluding hydrogens is 318 g/mol. The highest BCUT2D eigenvalue weighted by molar-refractivity contribution is 5.92. The molecule has 1 aromatic carbocycles. The second-order valence-electron chi connectivity index (χ2n) is 6.60. The summed E-state index contributed by atoms with van der Waals surface area (Å²) in [5.41, 5.74) is 0.721. The quantitative estimate of drug-likeness (QED) is 0.865. The number of hydrogen-bond donors (Lipinski definition) is 1. The summed E-state index contributed by atoms with van der Waals surface area (Å²) in [4.78, 5) is 26.6. The molecule has 0 aliphatic carbocycles. The standard InChI is InChI=1S/C18H25N5O2/c1-11(2)15-20-17(23(5)6)22-18(21-15)25-14-9-7-13(8-10-14)19-16(24)12(3)4/h7-12H,1-6H3,(H,19,24). The van der Waals surface area contributed by atoms with Crippen LogP contribution in [0.25, 0.3) is 0 Å². The normalized spacial score (nSPS) is 10.9. The third-order valence-corrected chi connectivity index (χ3v) is 3.39. The van der Waals surface area contributed by atoms with E-state index in [2.05, 4.69) is 20.3 Å². The van der Waals surface area contributed by atoms with Crippen LogP contribution in [0.3, 0.4) is 0 Å². The van der Waals surface area contributed by atoms with Crippen molar-refractivity contribution in [3.63, 3.8) is 0 Å². The van der Waals surface area contributed by atoms with Crippen LogP contribution in [0.15, 0.2) is 24.3 Å². The van der Waals surface area contributed by atoms with Crippen LogP contribution in [-0.4, -0.2) is 35.0 Å². The zero-order valence-corrected chi connectivity index (χ0v) is 15.6. The van der Waals surface area contributed by atoms with Crippen LogP contribution in [0.1, 0.15) is 39.4 Å². The monoisotopic (exact) mass is 343 g/mol. The van der Waals surface area contributed by atoms with Gasteiger partial charge >= 0.3 is 6.01 Å². The zero-order valence-electron chi connectivity index (χ0n) is 15.6. The Kier molecular flexibility index (Phi) is 5.90. The Balaban J connectivity index is 2.17. The number of carbonyl (C=O) groups is 1. The molecule has 134 valence electrons. The fourth-order valence-electron chi connectivity index (χ4n) is 1.86. The van der Waals surface area contributed by atoms with Crippen LogP contribution >= 0.6 is 0 Å². The summed E-state index contributed by atoms with van der Waals surface area (Å²) in [7, 11) is 3.74. The molecule has 7 heteroatoms. The van der Waals surface area contributed by atoms with Gasteiger partial charge in [-0.1, -0.05) is 27.7 Å². The molecule has 25 heavy (non-hydrogen) atoms. The minimum absolute atomic E-state index is 0.0247. The molecule has 1 heterocycles. The van der Waals surface area contributed by atoms with Crippen LogP contribution in [0, 0.1) is 5.92 Å². The van der Waals surface area contributed by atoms with Crippen LogP contribution in [-0.2, 0) is 4.79 Å². The molecule has 2 rings (SSSR count). The second-order valence-corrected chi connectivity index (χ2v) is 6.60. The van der Waals surface area contributed by atoms with Crippen molar-refractivity contribution in [3.05, 3.63) is 30.1 Å². The van der Waals surface area contributed by atoms with E-state index < -0.39 is 0 Å². The van der Waals surface area contributed by atoms with Crippen molar-refractivity contribution in [3.8, 4) is 11.8 Å². The number of rotatable bonds is 6. The minimum atomic E-state index is -0.0694. The van der Waals surface area contributed by atoms with E-state index >= 15 is 0 Å². The molecule has 0 spiro atoms. The molecule has 7 nitrogen and oxygen atoms in total. The molecule has 0 radical (unpaired) electrons. The van der Waals surface area contributed by atoms with Gasteiger partial charge in [-0.05, 0) is 24.3 Å². The maximum absolute atomic E-state index is 11.7. The van der Waals surface area contributed by atoms with E-state index in [1.165, 1.54) is 0 Å². The third-order valence-electron chi connectivity index (χ3n) is 3.39. The number of carbonyl (C=O) groups excluding carboxylic acids is 1. The molecule has 0 saturated heterocycles. The highest BCUT2D eigenvalue weighted by Gasteiger charge is 2.13. The van der Waals surface area contributed by atoms with Gasteiger partial charge in [-0.15, -0.1) is 0 Å². The summed E-state index contributed by atoms with van der Waals surface area (Å²) in [5.74, 6) is 1.89. The van der Waals surface area contributed by atoms with Gasteiger partial charge in [-0.25, -0.2) is 0 Å². The van der Waals surface area contributed by atoms with Crippen LogP contribution < -0.4 is 15.0 Å². The molecule has 0 aliphatic rings. The summed E-state index contributed by atoms with van der Waals surface area (Å²) in [5, 5.41) is 2.84. The van der Waals surface area contributed by atoms with Crippen LogP contribution in [0.2, 0.25) is 0 Å². The van der Waals surface area contributed by atoms with Gasteiger partial charge in [0.1, 0.15) is 11.6 Å². The predicted molar refractivity (Wildman–Crippen MR) is 98.2 cm³/mol. The Morgan fingerprint density at radius 3 is 2.20 bits per heavy atom. The Labute approximate surface area is 148 Å². The molecule has 0 unspecified atom stereocenters. The first-order chi connectivity index (χ1) is 11.8. The first kappa shape index (κ1) is 18.6. The lowest BCUT2D eigenvalue weighted by Crippen LogP contribution is -2.17. The van der Waals surface area contributed by atoms with E-state index in [4.69, 9.17) is 4.74 Å². The topological polar surface area (TPSA) is 80.2 Å². The van der Waals surface area contributed by atoms with Gasteiger partial charge < -0.3 is 15.0 Å². The largest absolute Gasteiger partial charge is 0.424 e. The lowest BCUT2D eigenvalue weighted by Gasteiger charge is -2.14. The number of nitrogens with zero attached hydrogens (tertiary/aromatic N) is 4. The van der Waals surface area contributed by atoms with Crippen LogP contribution in [0.4, 0.5) is 11.6 Å². The van der Waals surface area contributed by atoms with E-state index in [0.29, 0.717) is 17.5 Å². The zero-order chi connectivity index (χ0) is 18.6. The fraction of sp³-hybridized carbons (Fsp3) is 0.444. The van der Waals surface area contributed by atoms with Crippen molar-refractivity contribution in [2.75, 3.05) is 24.3 Å². The summed E-state index contributed by atoms with van der Waals surface area (Å²) in [6, 6.07) is 7.36. The smallest absolute Gasteiger partial charge is 0.327 e. The van der Waals surface area contributed by atoms with E-state index in [1.807, 2.05) is 46.7 Å². The molecule has 1 aromatic heterocycles. The molecule has 0 fully saturated rings. The highest BCUT2D eigenvalue weighted by Crippen LogP contribution is 2.23. The second kappa shape index (κ2) is 7.92. The molecule has 2 aromatic rings. The maximum Gasteiger partial charge on any atom is 0.327 e. The van der Waals surface area contributed by atoms with Crippen molar-refractivity contribution < 1.29 is 9.53 Å². The summed E-state index contributed by atoms with van der Waals surface area (Å²) >= 11 is 0. The molecule has 1 N–H and O–H groups in total. The fourth-order valence-corrected chi connectivity index (χ4v) is 1.86. The number of nitrogens with one attached hydrogen (secondary N) is 1. The van der Waals surface area contributed by atoms with E-state index in [-0.39, 0.29) is 23.8 Å². The summed E-state index contributed by atoms with van der Waals surface area (Å²) in [6.45, 7) is 7.74. The average Bonchev–Trinajstić information content (AvgIpc) is 2.56. The summed E-state index contributed by atoms with van der Waals surface area (Å²) < 4.78 is 5.77. The molecule has 0 bridgehead atoms. The Morgan fingerprint density at radius 2 is 1.68 bits per heavy atom. The number of ether oxygens (including phenoxy) is 1. The van der Waals surface area contributed by atoms with Crippen molar-refractivity contribution in [1.82, 2.24) is 15.0 Å². The predicted octanol–water partition coefficient (Wildman–Crippen LogP) is 3.45. The van der Waals surface area contributed by atoms with E-state index in [1.54, 1.807) is 24.3 Å². The van der Waals surface area contributed by atoms with E-state index in [9.17, 15) is 4.79 Å². The van der Waals surface area contributed by atoms with Gasteiger partial charge in [0.2, 0.25) is 11.9 Å². The molecule has 1 amide bonds. The van der Waals surface area contributed by atoms with Crippen LogP contribution in [0.5, 0.6) is 11.8 Å². The molecule has 0 saturated carbocycles. The Hall–Kier alpha value is -2.70. The minimum Gasteiger partial charge on any atom is -0.424 e. The number of amides is 1. The first-order valence-electron chi connectivity index (χ1n) is 8.28. The third kappa shape index (κ3) is 5.14. The lowest BCUT2D eigenvalue weighted by molar-refractivity contribution is -0.118. The van der Waals surface area contributed by atoms with Gasteiger partial charge in [0.05, 0.1) is 0 Å². The number of benzene rings is 1. The molecule has 0 atom stereocenters. The van der Waals surface area contributed by atoms with Gasteiger partial charge in [-0.3, -0.25) is 4.79 Å². The average molecular weight is 343 g/mol. The van der Waals surface area contributed by atoms with Crippen molar-refractivity contribution in [2.24, 2.45) is 5.92 Å². The van der Waals surface area contributed by atoms with Crippen molar-refractivity contribution in [1.29, 1.82) is 0 Å². The van der Waals surface area contributed by atoms with E-state index in [0.717, 1.165) is 5.69 Å². The van der Waals surface area contributed by atoms with Crippen molar-refractivity contribution in [2.45, 2.75) is 33.6 Å². The number of anilines is 2. The van der Waals surface area contributed by atoms with Gasteiger partial charge in [0, 0.05) is 31.6 Å². The Bertz CT molecular complexity index is 700. The highest BCUT2D eigenvalue weighted by atomic mass is 16.5. The number of aromatic nitrogens is 3. The van der Waals surface area contributed by atoms with Gasteiger partial charge in [0.25, 0.3) is 0 Å². The first-order valence-corrected chi connectivity index (χ1v) is 8.28. The maximum atomic E-state index is 11.7. The molecule has 0 aliphatic heterocycles.